The smallest absolute Gasteiger partial charge is 0.416 e. The summed E-state index contributed by atoms with van der Waals surface area (Å²) in [5.74, 6) is -0.273. The number of fused-ring (bicyclic) bond motifs is 1. The number of nitrogens with one attached hydrogen (secondary N) is 1. The summed E-state index contributed by atoms with van der Waals surface area (Å²) in [5, 5.41) is 10.1. The van der Waals surface area contributed by atoms with Crippen LogP contribution in [-0.4, -0.2) is 14.7 Å². The second-order valence-electron chi connectivity index (χ2n) is 4.63. The average molecular weight is 329 g/mol. The fourth-order valence-corrected chi connectivity index (χ4v) is 2.36. The quantitative estimate of drug-likeness (QED) is 0.715. The van der Waals surface area contributed by atoms with Gasteiger partial charge in [-0.15, -0.1) is 0 Å². The molecule has 0 bridgehead atoms. The first-order valence-corrected chi connectivity index (χ1v) is 6.46. The third-order valence-electron chi connectivity index (χ3n) is 3.19. The molecule has 2 N–H and O–H groups in total. The van der Waals surface area contributed by atoms with Gasteiger partial charge in [0.1, 0.15) is 5.75 Å². The molecule has 0 amide bonds. The predicted octanol–water partition coefficient (Wildman–Crippen LogP) is 3.70. The Labute approximate surface area is 126 Å². The SMILES string of the molecule is O=c1[nH]c2ccc(C(F)(F)F)cc2n1-c1cc(Cl)ccc1O. The Kier molecular flexibility index (Phi) is 3.17. The lowest BCUT2D eigenvalue weighted by atomic mass is 10.2. The summed E-state index contributed by atoms with van der Waals surface area (Å²) in [6.45, 7) is 0. The van der Waals surface area contributed by atoms with Gasteiger partial charge in [-0.25, -0.2) is 4.79 Å². The van der Waals surface area contributed by atoms with Crippen molar-refractivity contribution < 1.29 is 18.3 Å². The van der Waals surface area contributed by atoms with Gasteiger partial charge in [-0.2, -0.15) is 13.2 Å². The Hall–Kier alpha value is -2.41. The summed E-state index contributed by atoms with van der Waals surface area (Å²) < 4.78 is 39.4. The molecule has 0 aliphatic rings. The third kappa shape index (κ3) is 2.33. The predicted molar refractivity (Wildman–Crippen MR) is 75.6 cm³/mol. The highest BCUT2D eigenvalue weighted by molar-refractivity contribution is 6.30. The van der Waals surface area contributed by atoms with Crippen molar-refractivity contribution >= 4 is 22.6 Å². The highest BCUT2D eigenvalue weighted by atomic mass is 35.5. The minimum absolute atomic E-state index is 0.00242. The van der Waals surface area contributed by atoms with Gasteiger partial charge in [-0.05, 0) is 36.4 Å². The van der Waals surface area contributed by atoms with Gasteiger partial charge >= 0.3 is 11.9 Å². The van der Waals surface area contributed by atoms with E-state index in [1.165, 1.54) is 18.2 Å². The van der Waals surface area contributed by atoms with Crippen molar-refractivity contribution in [1.82, 2.24) is 9.55 Å². The van der Waals surface area contributed by atoms with E-state index in [1.54, 1.807) is 0 Å². The standard InChI is InChI=1S/C14H8ClF3N2O2/c15-8-2-4-12(21)11(6-8)20-10-5-7(14(16,17)18)1-3-9(10)19-13(20)22/h1-6,21H,(H,19,22). The summed E-state index contributed by atoms with van der Waals surface area (Å²) >= 11 is 5.82. The molecule has 0 radical (unpaired) electrons. The number of H-pyrrole nitrogens is 1. The van der Waals surface area contributed by atoms with Crippen LogP contribution in [0.3, 0.4) is 0 Å². The third-order valence-corrected chi connectivity index (χ3v) is 3.42. The van der Waals surface area contributed by atoms with Crippen LogP contribution in [0, 0.1) is 0 Å². The van der Waals surface area contributed by atoms with Crippen molar-refractivity contribution in [3.8, 4) is 11.4 Å². The Morgan fingerprint density at radius 2 is 1.86 bits per heavy atom. The number of aromatic amines is 1. The molecule has 0 saturated carbocycles. The van der Waals surface area contributed by atoms with Crippen molar-refractivity contribution in [2.75, 3.05) is 0 Å². The largest absolute Gasteiger partial charge is 0.506 e. The number of benzene rings is 2. The second-order valence-corrected chi connectivity index (χ2v) is 5.06. The first-order valence-electron chi connectivity index (χ1n) is 6.08. The molecule has 3 aromatic rings. The van der Waals surface area contributed by atoms with Crippen LogP contribution < -0.4 is 5.69 Å². The second kappa shape index (κ2) is 4.81. The van der Waals surface area contributed by atoms with Crippen LogP contribution in [-0.2, 0) is 6.18 Å². The first kappa shape index (κ1) is 14.5. The number of nitrogens with zero attached hydrogens (tertiary/aromatic N) is 1. The Morgan fingerprint density at radius 1 is 1.14 bits per heavy atom. The highest BCUT2D eigenvalue weighted by Crippen LogP contribution is 2.32. The minimum Gasteiger partial charge on any atom is -0.506 e. The molecule has 3 rings (SSSR count). The Balaban J connectivity index is 2.36. The van der Waals surface area contributed by atoms with Crippen molar-refractivity contribution in [1.29, 1.82) is 0 Å². The summed E-state index contributed by atoms with van der Waals surface area (Å²) in [6.07, 6.45) is -4.54. The van der Waals surface area contributed by atoms with Crippen molar-refractivity contribution in [2.45, 2.75) is 6.18 Å². The molecule has 0 fully saturated rings. The van der Waals surface area contributed by atoms with Crippen LogP contribution in [0.15, 0.2) is 41.2 Å². The molecular weight excluding hydrogens is 321 g/mol. The van der Waals surface area contributed by atoms with Crippen LogP contribution in [0.1, 0.15) is 5.56 Å². The Bertz CT molecular complexity index is 928. The van der Waals surface area contributed by atoms with Gasteiger partial charge in [-0.1, -0.05) is 11.6 Å². The van der Waals surface area contributed by atoms with Gasteiger partial charge in [0.25, 0.3) is 0 Å². The zero-order chi connectivity index (χ0) is 16.1. The van der Waals surface area contributed by atoms with E-state index in [0.29, 0.717) is 0 Å². The monoisotopic (exact) mass is 328 g/mol. The van der Waals surface area contributed by atoms with E-state index in [-0.39, 0.29) is 27.5 Å². The number of aromatic nitrogens is 2. The van der Waals surface area contributed by atoms with E-state index < -0.39 is 17.4 Å². The van der Waals surface area contributed by atoms with Crippen LogP contribution in [0.5, 0.6) is 5.75 Å². The van der Waals surface area contributed by atoms with E-state index in [9.17, 15) is 23.1 Å². The molecule has 0 unspecified atom stereocenters. The molecule has 0 aliphatic heterocycles. The summed E-state index contributed by atoms with van der Waals surface area (Å²) in [5.41, 5.74) is -1.35. The van der Waals surface area contributed by atoms with Crippen LogP contribution >= 0.6 is 11.6 Å². The topological polar surface area (TPSA) is 58.0 Å². The zero-order valence-electron chi connectivity index (χ0n) is 10.8. The van der Waals surface area contributed by atoms with Gasteiger partial charge in [0.2, 0.25) is 0 Å². The molecule has 1 heterocycles. The lowest BCUT2D eigenvalue weighted by molar-refractivity contribution is -0.137. The molecule has 8 heteroatoms. The van der Waals surface area contributed by atoms with Crippen molar-refractivity contribution in [2.24, 2.45) is 0 Å². The molecule has 0 aliphatic carbocycles. The number of imidazole rings is 1. The molecule has 1 aromatic heterocycles. The zero-order valence-corrected chi connectivity index (χ0v) is 11.5. The number of rotatable bonds is 1. The van der Waals surface area contributed by atoms with E-state index in [0.717, 1.165) is 22.8 Å². The van der Waals surface area contributed by atoms with Gasteiger partial charge < -0.3 is 10.1 Å². The average Bonchev–Trinajstić information content (AvgIpc) is 2.75. The molecule has 4 nitrogen and oxygen atoms in total. The number of halogens is 4. The van der Waals surface area contributed by atoms with E-state index in [4.69, 9.17) is 11.6 Å². The minimum atomic E-state index is -4.54. The van der Waals surface area contributed by atoms with E-state index in [1.807, 2.05) is 0 Å². The highest BCUT2D eigenvalue weighted by Gasteiger charge is 2.31. The van der Waals surface area contributed by atoms with Gasteiger partial charge in [0.15, 0.2) is 0 Å². The van der Waals surface area contributed by atoms with E-state index in [2.05, 4.69) is 4.98 Å². The molecule has 2 aromatic carbocycles. The molecule has 114 valence electrons. The molecular formula is C14H8ClF3N2O2. The fraction of sp³-hybridized carbons (Fsp3) is 0.0714. The molecule has 0 atom stereocenters. The van der Waals surface area contributed by atoms with Gasteiger partial charge in [-0.3, -0.25) is 4.57 Å². The van der Waals surface area contributed by atoms with Crippen LogP contribution in [0.2, 0.25) is 5.02 Å². The molecule has 22 heavy (non-hydrogen) atoms. The first-order chi connectivity index (χ1) is 10.3. The number of phenolic OH excluding ortho intramolecular Hbond substituents is 1. The lowest BCUT2D eigenvalue weighted by Gasteiger charge is -2.09. The van der Waals surface area contributed by atoms with Gasteiger partial charge in [0, 0.05) is 5.02 Å². The summed E-state index contributed by atoms with van der Waals surface area (Å²) in [6, 6.07) is 6.84. The van der Waals surface area contributed by atoms with Gasteiger partial charge in [0.05, 0.1) is 22.3 Å². The number of aromatic hydroxyl groups is 1. The maximum Gasteiger partial charge on any atom is 0.416 e. The van der Waals surface area contributed by atoms with Crippen molar-refractivity contribution in [3.63, 3.8) is 0 Å². The summed E-state index contributed by atoms with van der Waals surface area (Å²) in [4.78, 5) is 14.5. The van der Waals surface area contributed by atoms with E-state index >= 15 is 0 Å². The normalized spacial score (nSPS) is 12.0. The van der Waals surface area contributed by atoms with Crippen molar-refractivity contribution in [3.05, 3.63) is 57.5 Å². The molecule has 0 spiro atoms. The molecule has 0 saturated heterocycles. The summed E-state index contributed by atoms with van der Waals surface area (Å²) in [7, 11) is 0. The fourth-order valence-electron chi connectivity index (χ4n) is 2.19. The lowest BCUT2D eigenvalue weighted by Crippen LogP contribution is -2.15. The number of phenols is 1. The maximum atomic E-state index is 12.8. The van der Waals surface area contributed by atoms with Crippen LogP contribution in [0.25, 0.3) is 16.7 Å². The Morgan fingerprint density at radius 3 is 2.55 bits per heavy atom. The number of alkyl halides is 3. The van der Waals surface area contributed by atoms with Crippen LogP contribution in [0.4, 0.5) is 13.2 Å². The number of hydrogen-bond donors (Lipinski definition) is 2. The maximum absolute atomic E-state index is 12.8. The number of hydrogen-bond acceptors (Lipinski definition) is 2.